The Kier molecular flexibility index (Phi) is 2.91. The van der Waals surface area contributed by atoms with Crippen molar-refractivity contribution in [2.75, 3.05) is 26.3 Å². The molecule has 15 heavy (non-hydrogen) atoms. The standard InChI is InChI=1S/C10H13N3O2/c1-8-6-12-9(7-11-8)10(14)13-2-4-15-5-3-13/h6-7H,2-5H2,1H3. The fourth-order valence-corrected chi connectivity index (χ4v) is 1.43. The minimum atomic E-state index is -0.0641. The van der Waals surface area contributed by atoms with Crippen LogP contribution in [0.5, 0.6) is 0 Å². The molecular weight excluding hydrogens is 194 g/mol. The molecule has 0 aromatic carbocycles. The minimum absolute atomic E-state index is 0.0641. The number of aromatic nitrogens is 2. The molecule has 1 fully saturated rings. The van der Waals surface area contributed by atoms with Crippen molar-refractivity contribution in [1.29, 1.82) is 0 Å². The van der Waals surface area contributed by atoms with Crippen molar-refractivity contribution in [1.82, 2.24) is 14.9 Å². The number of hydrogen-bond acceptors (Lipinski definition) is 4. The topological polar surface area (TPSA) is 55.3 Å². The third-order valence-electron chi connectivity index (χ3n) is 2.30. The molecule has 0 unspecified atom stereocenters. The minimum Gasteiger partial charge on any atom is -0.378 e. The number of nitrogens with zero attached hydrogens (tertiary/aromatic N) is 3. The number of rotatable bonds is 1. The predicted octanol–water partition coefficient (Wildman–Crippen LogP) is 0.257. The van der Waals surface area contributed by atoms with Crippen LogP contribution in [-0.4, -0.2) is 47.1 Å². The van der Waals surface area contributed by atoms with Crippen LogP contribution in [0.2, 0.25) is 0 Å². The molecule has 2 heterocycles. The van der Waals surface area contributed by atoms with Crippen LogP contribution in [0.3, 0.4) is 0 Å². The average molecular weight is 207 g/mol. The fourth-order valence-electron chi connectivity index (χ4n) is 1.43. The number of hydrogen-bond donors (Lipinski definition) is 0. The molecule has 0 spiro atoms. The number of aryl methyl sites for hydroxylation is 1. The van der Waals surface area contributed by atoms with E-state index in [-0.39, 0.29) is 5.91 Å². The zero-order valence-electron chi connectivity index (χ0n) is 8.64. The third-order valence-corrected chi connectivity index (χ3v) is 2.30. The lowest BCUT2D eigenvalue weighted by Gasteiger charge is -2.26. The Hall–Kier alpha value is -1.49. The van der Waals surface area contributed by atoms with Crippen LogP contribution < -0.4 is 0 Å². The quantitative estimate of drug-likeness (QED) is 0.662. The maximum absolute atomic E-state index is 11.9. The molecule has 1 saturated heterocycles. The monoisotopic (exact) mass is 207 g/mol. The van der Waals surface area contributed by atoms with E-state index in [1.54, 1.807) is 11.1 Å². The summed E-state index contributed by atoms with van der Waals surface area (Å²) < 4.78 is 5.17. The lowest BCUT2D eigenvalue weighted by molar-refractivity contribution is 0.0298. The molecule has 0 radical (unpaired) electrons. The Balaban J connectivity index is 2.09. The Bertz CT molecular complexity index is 344. The number of morpholine rings is 1. The van der Waals surface area contributed by atoms with Crippen LogP contribution in [0.4, 0.5) is 0 Å². The van der Waals surface area contributed by atoms with Gasteiger partial charge in [-0.2, -0.15) is 0 Å². The van der Waals surface area contributed by atoms with Crippen molar-refractivity contribution >= 4 is 5.91 Å². The Morgan fingerprint density at radius 3 is 2.67 bits per heavy atom. The molecule has 1 aromatic rings. The molecule has 0 N–H and O–H groups in total. The highest BCUT2D eigenvalue weighted by Crippen LogP contribution is 2.04. The molecule has 0 atom stereocenters. The second kappa shape index (κ2) is 4.35. The summed E-state index contributed by atoms with van der Waals surface area (Å²) >= 11 is 0. The van der Waals surface area contributed by atoms with Crippen molar-refractivity contribution in [3.8, 4) is 0 Å². The highest BCUT2D eigenvalue weighted by molar-refractivity contribution is 5.92. The first kappa shape index (κ1) is 10.0. The molecule has 1 aromatic heterocycles. The number of carbonyl (C=O) groups excluding carboxylic acids is 1. The largest absolute Gasteiger partial charge is 0.378 e. The first-order valence-corrected chi connectivity index (χ1v) is 4.93. The smallest absolute Gasteiger partial charge is 0.274 e. The summed E-state index contributed by atoms with van der Waals surface area (Å²) in [7, 11) is 0. The summed E-state index contributed by atoms with van der Waals surface area (Å²) in [5, 5.41) is 0. The van der Waals surface area contributed by atoms with Crippen LogP contribution in [0.15, 0.2) is 12.4 Å². The first-order chi connectivity index (χ1) is 7.27. The van der Waals surface area contributed by atoms with Crippen molar-refractivity contribution < 1.29 is 9.53 Å². The average Bonchev–Trinajstić information content (AvgIpc) is 2.30. The van der Waals surface area contributed by atoms with E-state index >= 15 is 0 Å². The van der Waals surface area contributed by atoms with Gasteiger partial charge in [-0.15, -0.1) is 0 Å². The second-order valence-corrected chi connectivity index (χ2v) is 3.45. The normalized spacial score (nSPS) is 16.5. The summed E-state index contributed by atoms with van der Waals surface area (Å²) in [5.74, 6) is -0.0641. The maximum Gasteiger partial charge on any atom is 0.274 e. The highest BCUT2D eigenvalue weighted by atomic mass is 16.5. The van der Waals surface area contributed by atoms with Crippen molar-refractivity contribution in [3.63, 3.8) is 0 Å². The van der Waals surface area contributed by atoms with Gasteiger partial charge in [0.2, 0.25) is 0 Å². The molecule has 80 valence electrons. The number of ether oxygens (including phenoxy) is 1. The summed E-state index contributed by atoms with van der Waals surface area (Å²) in [5.41, 5.74) is 1.22. The van der Waals surface area contributed by atoms with Crippen molar-refractivity contribution in [2.24, 2.45) is 0 Å². The van der Waals surface area contributed by atoms with Gasteiger partial charge in [-0.05, 0) is 6.92 Å². The molecular formula is C10H13N3O2. The Morgan fingerprint density at radius 1 is 1.33 bits per heavy atom. The van der Waals surface area contributed by atoms with E-state index < -0.39 is 0 Å². The molecule has 0 aliphatic carbocycles. The van der Waals surface area contributed by atoms with Gasteiger partial charge in [0, 0.05) is 19.3 Å². The van der Waals surface area contributed by atoms with Crippen LogP contribution >= 0.6 is 0 Å². The SMILES string of the molecule is Cc1cnc(C(=O)N2CCOCC2)cn1. The van der Waals surface area contributed by atoms with E-state index in [9.17, 15) is 4.79 Å². The van der Waals surface area contributed by atoms with E-state index in [2.05, 4.69) is 9.97 Å². The van der Waals surface area contributed by atoms with Gasteiger partial charge >= 0.3 is 0 Å². The van der Waals surface area contributed by atoms with E-state index in [0.717, 1.165) is 5.69 Å². The molecule has 5 nitrogen and oxygen atoms in total. The Labute approximate surface area is 88.1 Å². The second-order valence-electron chi connectivity index (χ2n) is 3.45. The van der Waals surface area contributed by atoms with Gasteiger partial charge in [0.1, 0.15) is 5.69 Å². The fraction of sp³-hybridized carbons (Fsp3) is 0.500. The summed E-state index contributed by atoms with van der Waals surface area (Å²) in [6.07, 6.45) is 3.13. The van der Waals surface area contributed by atoms with Gasteiger partial charge in [-0.25, -0.2) is 4.98 Å². The molecule has 1 aliphatic rings. The van der Waals surface area contributed by atoms with Gasteiger partial charge in [-0.1, -0.05) is 0 Å². The van der Waals surface area contributed by atoms with E-state index in [1.807, 2.05) is 6.92 Å². The zero-order chi connectivity index (χ0) is 10.7. The summed E-state index contributed by atoms with van der Waals surface area (Å²) in [4.78, 5) is 21.7. The first-order valence-electron chi connectivity index (χ1n) is 4.93. The lowest BCUT2D eigenvalue weighted by Crippen LogP contribution is -2.41. The summed E-state index contributed by atoms with van der Waals surface area (Å²) in [6, 6.07) is 0. The predicted molar refractivity (Wildman–Crippen MR) is 53.5 cm³/mol. The molecule has 1 amide bonds. The lowest BCUT2D eigenvalue weighted by atomic mass is 10.3. The van der Waals surface area contributed by atoms with Gasteiger partial charge < -0.3 is 9.64 Å². The Morgan fingerprint density at radius 2 is 2.07 bits per heavy atom. The van der Waals surface area contributed by atoms with Crippen LogP contribution in [-0.2, 0) is 4.74 Å². The van der Waals surface area contributed by atoms with E-state index in [4.69, 9.17) is 4.74 Å². The maximum atomic E-state index is 11.9. The van der Waals surface area contributed by atoms with Crippen LogP contribution in [0.1, 0.15) is 16.2 Å². The number of amides is 1. The third kappa shape index (κ3) is 2.30. The molecule has 0 bridgehead atoms. The van der Waals surface area contributed by atoms with E-state index in [0.29, 0.717) is 32.0 Å². The van der Waals surface area contributed by atoms with Crippen LogP contribution in [0.25, 0.3) is 0 Å². The van der Waals surface area contributed by atoms with E-state index in [1.165, 1.54) is 6.20 Å². The van der Waals surface area contributed by atoms with Crippen LogP contribution in [0, 0.1) is 6.92 Å². The molecule has 1 aliphatic heterocycles. The zero-order valence-corrected chi connectivity index (χ0v) is 8.64. The number of carbonyl (C=O) groups is 1. The molecule has 5 heteroatoms. The van der Waals surface area contributed by atoms with Crippen molar-refractivity contribution in [3.05, 3.63) is 23.8 Å². The molecule has 2 rings (SSSR count). The van der Waals surface area contributed by atoms with Gasteiger partial charge in [-0.3, -0.25) is 9.78 Å². The van der Waals surface area contributed by atoms with Gasteiger partial charge in [0.05, 0.1) is 25.1 Å². The summed E-state index contributed by atoms with van der Waals surface area (Å²) in [6.45, 7) is 4.31. The highest BCUT2D eigenvalue weighted by Gasteiger charge is 2.19. The van der Waals surface area contributed by atoms with Crippen molar-refractivity contribution in [2.45, 2.75) is 6.92 Å². The van der Waals surface area contributed by atoms with Gasteiger partial charge in [0.15, 0.2) is 0 Å². The molecule has 0 saturated carbocycles. The van der Waals surface area contributed by atoms with Gasteiger partial charge in [0.25, 0.3) is 5.91 Å².